The van der Waals surface area contributed by atoms with Gasteiger partial charge in [-0.2, -0.15) is 18.3 Å². The summed E-state index contributed by atoms with van der Waals surface area (Å²) >= 11 is 0. The van der Waals surface area contributed by atoms with Gasteiger partial charge in [0.1, 0.15) is 5.69 Å². The molecule has 1 saturated carbocycles. The Morgan fingerprint density at radius 1 is 1.24 bits per heavy atom. The first-order valence-corrected chi connectivity index (χ1v) is 6.88. The van der Waals surface area contributed by atoms with Crippen LogP contribution in [-0.4, -0.2) is 14.8 Å². The molecule has 0 amide bonds. The first-order valence-electron chi connectivity index (χ1n) is 6.88. The molecule has 0 saturated heterocycles. The molecular weight excluding hydrogens is 279 g/mol. The van der Waals surface area contributed by atoms with Gasteiger partial charge in [-0.15, -0.1) is 0 Å². The molecule has 0 atom stereocenters. The van der Waals surface area contributed by atoms with E-state index in [1.54, 1.807) is 10.7 Å². The van der Waals surface area contributed by atoms with Gasteiger partial charge in [0.2, 0.25) is 0 Å². The number of nitrogens with zero attached hydrogens (tertiary/aromatic N) is 3. The number of hydrogen-bond acceptors (Lipinski definition) is 2. The molecule has 0 aliphatic heterocycles. The molecule has 2 aromatic rings. The number of pyridine rings is 1. The molecule has 0 spiro atoms. The fraction of sp³-hybridized carbons (Fsp3) is 0.467. The third-order valence-corrected chi connectivity index (χ3v) is 4.30. The molecule has 1 aliphatic rings. The van der Waals surface area contributed by atoms with E-state index in [1.807, 2.05) is 13.1 Å². The maximum absolute atomic E-state index is 12.7. The Bertz CT molecular complexity index is 669. The molecule has 0 unspecified atom stereocenters. The molecule has 112 valence electrons. The molecule has 3 rings (SSSR count). The minimum atomic E-state index is -4.44. The van der Waals surface area contributed by atoms with Crippen LogP contribution in [-0.2, 0) is 18.6 Å². The van der Waals surface area contributed by atoms with Crippen LogP contribution in [0.3, 0.4) is 0 Å². The highest BCUT2D eigenvalue weighted by Crippen LogP contribution is 2.43. The molecule has 2 aromatic heterocycles. The van der Waals surface area contributed by atoms with Crippen LogP contribution in [0.5, 0.6) is 0 Å². The predicted molar refractivity (Wildman–Crippen MR) is 72.6 cm³/mol. The fourth-order valence-electron chi connectivity index (χ4n) is 2.88. The summed E-state index contributed by atoms with van der Waals surface area (Å²) in [5, 5.41) is 4.37. The van der Waals surface area contributed by atoms with Crippen molar-refractivity contribution in [3.8, 4) is 11.3 Å². The lowest BCUT2D eigenvalue weighted by Gasteiger charge is -2.38. The van der Waals surface area contributed by atoms with Crippen LogP contribution in [0.4, 0.5) is 13.2 Å². The lowest BCUT2D eigenvalue weighted by Crippen LogP contribution is -2.32. The van der Waals surface area contributed by atoms with E-state index in [0.29, 0.717) is 11.3 Å². The summed E-state index contributed by atoms with van der Waals surface area (Å²) < 4.78 is 40.0. The van der Waals surface area contributed by atoms with Crippen molar-refractivity contribution < 1.29 is 13.2 Å². The van der Waals surface area contributed by atoms with Crippen LogP contribution in [0.15, 0.2) is 24.4 Å². The van der Waals surface area contributed by atoms with Gasteiger partial charge in [0, 0.05) is 29.9 Å². The molecule has 21 heavy (non-hydrogen) atoms. The highest BCUT2D eigenvalue weighted by Gasteiger charge is 2.37. The lowest BCUT2D eigenvalue weighted by atomic mass is 9.68. The number of aryl methyl sites for hydroxylation is 1. The van der Waals surface area contributed by atoms with Crippen molar-refractivity contribution in [1.82, 2.24) is 14.8 Å². The van der Waals surface area contributed by atoms with Crippen LogP contribution in [0.1, 0.15) is 37.6 Å². The normalized spacial score (nSPS) is 17.6. The number of alkyl halides is 3. The first-order chi connectivity index (χ1) is 9.79. The Morgan fingerprint density at radius 2 is 1.95 bits per heavy atom. The number of rotatable bonds is 2. The van der Waals surface area contributed by atoms with Gasteiger partial charge < -0.3 is 0 Å². The molecule has 1 aliphatic carbocycles. The smallest absolute Gasteiger partial charge is 0.271 e. The van der Waals surface area contributed by atoms with Gasteiger partial charge in [0.05, 0.1) is 5.69 Å². The van der Waals surface area contributed by atoms with Crippen molar-refractivity contribution in [2.24, 2.45) is 7.05 Å². The van der Waals surface area contributed by atoms with Gasteiger partial charge in [0.25, 0.3) is 0 Å². The third kappa shape index (κ3) is 2.43. The van der Waals surface area contributed by atoms with Gasteiger partial charge in [0.15, 0.2) is 0 Å². The number of halogens is 3. The summed E-state index contributed by atoms with van der Waals surface area (Å²) in [6.07, 6.45) is 0.113. The van der Waals surface area contributed by atoms with Gasteiger partial charge in [-0.3, -0.25) is 9.67 Å². The van der Waals surface area contributed by atoms with Crippen LogP contribution in [0.2, 0.25) is 0 Å². The second kappa shape index (κ2) is 4.58. The maximum atomic E-state index is 12.7. The molecule has 0 bridgehead atoms. The quantitative estimate of drug-likeness (QED) is 0.840. The average molecular weight is 295 g/mol. The molecular formula is C15H16F3N3. The zero-order valence-corrected chi connectivity index (χ0v) is 11.9. The van der Waals surface area contributed by atoms with E-state index < -0.39 is 11.9 Å². The Hall–Kier alpha value is -1.85. The Morgan fingerprint density at radius 3 is 2.52 bits per heavy atom. The molecule has 6 heteroatoms. The minimum absolute atomic E-state index is 0.0971. The second-order valence-corrected chi connectivity index (χ2v) is 5.88. The zero-order chi connectivity index (χ0) is 15.3. The zero-order valence-electron chi connectivity index (χ0n) is 11.9. The monoisotopic (exact) mass is 295 g/mol. The summed E-state index contributed by atoms with van der Waals surface area (Å²) in [6.45, 7) is 2.17. The van der Waals surface area contributed by atoms with Crippen molar-refractivity contribution in [3.05, 3.63) is 35.8 Å². The highest BCUT2D eigenvalue weighted by molar-refractivity contribution is 5.60. The van der Waals surface area contributed by atoms with E-state index in [1.165, 1.54) is 12.6 Å². The van der Waals surface area contributed by atoms with Crippen LogP contribution >= 0.6 is 0 Å². The van der Waals surface area contributed by atoms with Crippen molar-refractivity contribution in [2.75, 3.05) is 0 Å². The molecule has 3 nitrogen and oxygen atoms in total. The van der Waals surface area contributed by atoms with Gasteiger partial charge >= 0.3 is 6.18 Å². The highest BCUT2D eigenvalue weighted by atomic mass is 19.4. The number of aromatic nitrogens is 3. The predicted octanol–water partition coefficient (Wildman–Crippen LogP) is 3.94. The SMILES string of the molecule is Cn1nc(-c2ccnc(C(F)(F)F)c2)cc1C1(C)CCC1. The summed E-state index contributed by atoms with van der Waals surface area (Å²) in [5.41, 5.74) is 1.30. The lowest BCUT2D eigenvalue weighted by molar-refractivity contribution is -0.141. The van der Waals surface area contributed by atoms with Crippen molar-refractivity contribution in [2.45, 2.75) is 37.8 Å². The minimum Gasteiger partial charge on any atom is -0.271 e. The Balaban J connectivity index is 2.00. The van der Waals surface area contributed by atoms with E-state index >= 15 is 0 Å². The Kier molecular flexibility index (Phi) is 3.07. The number of hydrogen-bond donors (Lipinski definition) is 0. The van der Waals surface area contributed by atoms with Crippen molar-refractivity contribution in [3.63, 3.8) is 0 Å². The van der Waals surface area contributed by atoms with E-state index in [9.17, 15) is 13.2 Å². The fourth-order valence-corrected chi connectivity index (χ4v) is 2.88. The molecule has 1 fully saturated rings. The summed E-state index contributed by atoms with van der Waals surface area (Å²) in [7, 11) is 1.84. The molecule has 2 heterocycles. The summed E-state index contributed by atoms with van der Waals surface area (Å²) in [5.74, 6) is 0. The summed E-state index contributed by atoms with van der Waals surface area (Å²) in [4.78, 5) is 3.38. The van der Waals surface area contributed by atoms with Gasteiger partial charge in [-0.1, -0.05) is 13.3 Å². The molecule has 0 N–H and O–H groups in total. The van der Waals surface area contributed by atoms with E-state index in [-0.39, 0.29) is 5.41 Å². The van der Waals surface area contributed by atoms with E-state index in [0.717, 1.165) is 24.6 Å². The van der Waals surface area contributed by atoms with Gasteiger partial charge in [-0.05, 0) is 31.0 Å². The maximum Gasteiger partial charge on any atom is 0.433 e. The average Bonchev–Trinajstić information content (AvgIpc) is 2.78. The van der Waals surface area contributed by atoms with E-state index in [4.69, 9.17) is 0 Å². The van der Waals surface area contributed by atoms with Crippen LogP contribution in [0.25, 0.3) is 11.3 Å². The first kappa shape index (κ1) is 14.1. The largest absolute Gasteiger partial charge is 0.433 e. The standard InChI is InChI=1S/C15H16F3N3/c1-14(5-3-6-14)13-9-11(20-21(13)2)10-4-7-19-12(8-10)15(16,17)18/h4,7-9H,3,5-6H2,1-2H3. The molecule has 0 radical (unpaired) electrons. The topological polar surface area (TPSA) is 30.7 Å². The third-order valence-electron chi connectivity index (χ3n) is 4.30. The van der Waals surface area contributed by atoms with Crippen molar-refractivity contribution in [1.29, 1.82) is 0 Å². The van der Waals surface area contributed by atoms with Gasteiger partial charge in [-0.25, -0.2) is 0 Å². The second-order valence-electron chi connectivity index (χ2n) is 5.88. The van der Waals surface area contributed by atoms with Crippen molar-refractivity contribution >= 4 is 0 Å². The molecule has 0 aromatic carbocycles. The van der Waals surface area contributed by atoms with E-state index in [2.05, 4.69) is 17.0 Å². The van der Waals surface area contributed by atoms with Crippen LogP contribution < -0.4 is 0 Å². The van der Waals surface area contributed by atoms with Crippen LogP contribution in [0, 0.1) is 0 Å². The summed E-state index contributed by atoms with van der Waals surface area (Å²) in [6, 6.07) is 4.51. The Labute approximate surface area is 120 Å².